The van der Waals surface area contributed by atoms with Crippen LogP contribution in [0.1, 0.15) is 25.3 Å². The number of ether oxygens (including phenoxy) is 1. The van der Waals surface area contributed by atoms with Crippen molar-refractivity contribution in [2.45, 2.75) is 32.4 Å². The molecule has 4 nitrogen and oxygen atoms in total. The third-order valence-electron chi connectivity index (χ3n) is 3.11. The molecule has 0 aliphatic heterocycles. The van der Waals surface area contributed by atoms with Crippen molar-refractivity contribution in [1.82, 2.24) is 4.90 Å². The van der Waals surface area contributed by atoms with Crippen molar-refractivity contribution < 1.29 is 9.53 Å². The van der Waals surface area contributed by atoms with E-state index in [9.17, 15) is 4.79 Å². The van der Waals surface area contributed by atoms with E-state index in [0.29, 0.717) is 19.5 Å². The molecule has 1 aromatic rings. The Morgan fingerprint density at radius 3 is 2.60 bits per heavy atom. The molecule has 2 N–H and O–H groups in total. The van der Waals surface area contributed by atoms with Crippen molar-refractivity contribution in [3.8, 4) is 5.75 Å². The van der Waals surface area contributed by atoms with Crippen molar-refractivity contribution >= 4 is 5.91 Å². The first kappa shape index (κ1) is 16.2. The Hall–Kier alpha value is -1.81. The molecule has 0 bridgehead atoms. The van der Waals surface area contributed by atoms with Gasteiger partial charge in [-0.05, 0) is 24.1 Å². The zero-order chi connectivity index (χ0) is 15.0. The lowest BCUT2D eigenvalue weighted by atomic mass is 10.1. The van der Waals surface area contributed by atoms with Crippen LogP contribution in [0.2, 0.25) is 0 Å². The second-order valence-corrected chi connectivity index (χ2v) is 4.75. The van der Waals surface area contributed by atoms with E-state index >= 15 is 0 Å². The van der Waals surface area contributed by atoms with Crippen LogP contribution in [0.15, 0.2) is 36.9 Å². The van der Waals surface area contributed by atoms with Crippen molar-refractivity contribution in [2.75, 3.05) is 13.7 Å². The quantitative estimate of drug-likeness (QED) is 0.741. The Morgan fingerprint density at radius 1 is 1.45 bits per heavy atom. The maximum absolute atomic E-state index is 12.3. The molecule has 0 aromatic heterocycles. The largest absolute Gasteiger partial charge is 0.497 e. The number of nitrogens with zero attached hydrogens (tertiary/aromatic N) is 1. The summed E-state index contributed by atoms with van der Waals surface area (Å²) in [5.74, 6) is 0.778. The number of carbonyl (C=O) groups is 1. The molecule has 0 fully saturated rings. The molecule has 1 rings (SSSR count). The molecule has 0 spiro atoms. The number of hydrogen-bond donors (Lipinski definition) is 1. The van der Waals surface area contributed by atoms with Gasteiger partial charge in [0.25, 0.3) is 0 Å². The first-order chi connectivity index (χ1) is 9.62. The smallest absolute Gasteiger partial charge is 0.240 e. The SMILES string of the molecule is C=CCN(Cc1ccc(OC)cc1)C(=O)C(N)CCC. The molecule has 4 heteroatoms. The summed E-state index contributed by atoms with van der Waals surface area (Å²) in [6.07, 6.45) is 3.33. The van der Waals surface area contributed by atoms with Gasteiger partial charge in [-0.1, -0.05) is 31.6 Å². The molecule has 20 heavy (non-hydrogen) atoms. The van der Waals surface area contributed by atoms with Gasteiger partial charge in [-0.3, -0.25) is 4.79 Å². The summed E-state index contributed by atoms with van der Waals surface area (Å²) in [7, 11) is 1.63. The molecule has 0 saturated carbocycles. The van der Waals surface area contributed by atoms with Crippen LogP contribution in [0.25, 0.3) is 0 Å². The molecule has 1 aromatic carbocycles. The van der Waals surface area contributed by atoms with Gasteiger partial charge < -0.3 is 15.4 Å². The van der Waals surface area contributed by atoms with E-state index in [-0.39, 0.29) is 5.91 Å². The fraction of sp³-hybridized carbons (Fsp3) is 0.438. The molecule has 0 radical (unpaired) electrons. The number of nitrogens with two attached hydrogens (primary N) is 1. The van der Waals surface area contributed by atoms with E-state index in [4.69, 9.17) is 10.5 Å². The standard InChI is InChI=1S/C16H24N2O2/c1-4-6-15(17)16(19)18(11-5-2)12-13-7-9-14(20-3)10-8-13/h5,7-10,15H,2,4,6,11-12,17H2,1,3H3. The molecule has 1 unspecified atom stereocenters. The van der Waals surface area contributed by atoms with Crippen molar-refractivity contribution in [1.29, 1.82) is 0 Å². The van der Waals surface area contributed by atoms with Crippen LogP contribution in [-0.4, -0.2) is 30.5 Å². The van der Waals surface area contributed by atoms with Crippen LogP contribution < -0.4 is 10.5 Å². The second-order valence-electron chi connectivity index (χ2n) is 4.75. The monoisotopic (exact) mass is 276 g/mol. The van der Waals surface area contributed by atoms with Gasteiger partial charge in [0.1, 0.15) is 5.75 Å². The minimum absolute atomic E-state index is 0.0254. The number of methoxy groups -OCH3 is 1. The minimum Gasteiger partial charge on any atom is -0.497 e. The predicted octanol–water partition coefficient (Wildman–Crippen LogP) is 2.34. The molecule has 1 atom stereocenters. The van der Waals surface area contributed by atoms with Gasteiger partial charge in [-0.25, -0.2) is 0 Å². The molecular formula is C16H24N2O2. The zero-order valence-electron chi connectivity index (χ0n) is 12.3. The van der Waals surface area contributed by atoms with E-state index in [2.05, 4.69) is 6.58 Å². The summed E-state index contributed by atoms with van der Waals surface area (Å²) in [4.78, 5) is 14.0. The van der Waals surface area contributed by atoms with Crippen LogP contribution in [0.3, 0.4) is 0 Å². The summed E-state index contributed by atoms with van der Waals surface area (Å²) in [5.41, 5.74) is 6.96. The number of amides is 1. The van der Waals surface area contributed by atoms with Gasteiger partial charge in [0, 0.05) is 13.1 Å². The number of carbonyl (C=O) groups excluding carboxylic acids is 1. The molecule has 0 heterocycles. The van der Waals surface area contributed by atoms with E-state index in [1.54, 1.807) is 18.1 Å². The average molecular weight is 276 g/mol. The average Bonchev–Trinajstić information content (AvgIpc) is 2.47. The van der Waals surface area contributed by atoms with Gasteiger partial charge in [0.05, 0.1) is 13.2 Å². The molecule has 0 aliphatic rings. The van der Waals surface area contributed by atoms with E-state index in [0.717, 1.165) is 17.7 Å². The fourth-order valence-corrected chi connectivity index (χ4v) is 2.01. The lowest BCUT2D eigenvalue weighted by molar-refractivity contribution is -0.132. The van der Waals surface area contributed by atoms with E-state index in [1.807, 2.05) is 31.2 Å². The number of hydrogen-bond acceptors (Lipinski definition) is 3. The Labute approximate surface area is 121 Å². The van der Waals surface area contributed by atoms with Gasteiger partial charge >= 0.3 is 0 Å². The van der Waals surface area contributed by atoms with Crippen molar-refractivity contribution in [3.63, 3.8) is 0 Å². The first-order valence-corrected chi connectivity index (χ1v) is 6.90. The molecule has 110 valence electrons. The van der Waals surface area contributed by atoms with Crippen LogP contribution in [-0.2, 0) is 11.3 Å². The van der Waals surface area contributed by atoms with Gasteiger partial charge in [-0.15, -0.1) is 6.58 Å². The van der Waals surface area contributed by atoms with E-state index < -0.39 is 6.04 Å². The predicted molar refractivity (Wildman–Crippen MR) is 81.5 cm³/mol. The molecular weight excluding hydrogens is 252 g/mol. The summed E-state index contributed by atoms with van der Waals surface area (Å²) < 4.78 is 5.12. The van der Waals surface area contributed by atoms with Gasteiger partial charge in [-0.2, -0.15) is 0 Å². The molecule has 1 amide bonds. The summed E-state index contributed by atoms with van der Waals surface area (Å²) in [6, 6.07) is 7.25. The minimum atomic E-state index is -0.432. The maximum Gasteiger partial charge on any atom is 0.240 e. The number of rotatable bonds is 8. The van der Waals surface area contributed by atoms with Gasteiger partial charge in [0.2, 0.25) is 5.91 Å². The summed E-state index contributed by atoms with van der Waals surface area (Å²) >= 11 is 0. The van der Waals surface area contributed by atoms with Crippen LogP contribution in [0.4, 0.5) is 0 Å². The number of benzene rings is 1. The van der Waals surface area contributed by atoms with E-state index in [1.165, 1.54) is 0 Å². The topological polar surface area (TPSA) is 55.6 Å². The highest BCUT2D eigenvalue weighted by atomic mass is 16.5. The summed E-state index contributed by atoms with van der Waals surface area (Å²) in [5, 5.41) is 0. The van der Waals surface area contributed by atoms with Crippen molar-refractivity contribution in [2.24, 2.45) is 5.73 Å². The van der Waals surface area contributed by atoms with Crippen LogP contribution >= 0.6 is 0 Å². The maximum atomic E-state index is 12.3. The highest BCUT2D eigenvalue weighted by molar-refractivity contribution is 5.81. The van der Waals surface area contributed by atoms with Crippen LogP contribution in [0, 0.1) is 0 Å². The second kappa shape index (κ2) is 8.38. The lowest BCUT2D eigenvalue weighted by Crippen LogP contribution is -2.43. The Morgan fingerprint density at radius 2 is 2.10 bits per heavy atom. The third kappa shape index (κ3) is 4.70. The normalized spacial score (nSPS) is 11.8. The zero-order valence-corrected chi connectivity index (χ0v) is 12.3. The Kier molecular flexibility index (Phi) is 6.81. The molecule has 0 saturated heterocycles. The highest BCUT2D eigenvalue weighted by Gasteiger charge is 2.19. The molecule has 0 aliphatic carbocycles. The van der Waals surface area contributed by atoms with Gasteiger partial charge in [0.15, 0.2) is 0 Å². The first-order valence-electron chi connectivity index (χ1n) is 6.90. The Bertz CT molecular complexity index is 429. The lowest BCUT2D eigenvalue weighted by Gasteiger charge is -2.24. The fourth-order valence-electron chi connectivity index (χ4n) is 2.01. The Balaban J connectivity index is 2.74. The van der Waals surface area contributed by atoms with Crippen molar-refractivity contribution in [3.05, 3.63) is 42.5 Å². The highest BCUT2D eigenvalue weighted by Crippen LogP contribution is 2.14. The third-order valence-corrected chi connectivity index (χ3v) is 3.11. The van der Waals surface area contributed by atoms with Crippen LogP contribution in [0.5, 0.6) is 5.75 Å². The summed E-state index contributed by atoms with van der Waals surface area (Å²) in [6.45, 7) is 6.76.